The van der Waals surface area contributed by atoms with Crippen LogP contribution in [0, 0.1) is 11.8 Å². The van der Waals surface area contributed by atoms with E-state index < -0.39 is 17.1 Å². The summed E-state index contributed by atoms with van der Waals surface area (Å²) in [7, 11) is 1.79. The molecular weight excluding hydrogens is 500 g/mol. The van der Waals surface area contributed by atoms with Gasteiger partial charge >= 0.3 is 0 Å². The summed E-state index contributed by atoms with van der Waals surface area (Å²) in [6.45, 7) is 1.70. The third-order valence-corrected chi connectivity index (χ3v) is 9.98. The molecular formula is C34H34N2O4. The van der Waals surface area contributed by atoms with Crippen LogP contribution in [0.4, 0.5) is 0 Å². The lowest BCUT2D eigenvalue weighted by atomic mass is 9.48. The molecule has 4 aliphatic rings. The standard InChI is InChI=1S/C34H34N2O4/c1-35(29(38)15-12-23-8-4-2-5-9-23)26-16-18-34(39)28-22-25-13-14-27(37)31-30(25)33(34,32(26)40-31)19-21-36(28)20-17-24-10-6-3-7-11-24/h2-11,13-14,26,28,32,37,39H,16-22H2,1H3/t26-,28+,32-,33-,34+/m0/s1. The van der Waals surface area contributed by atoms with Gasteiger partial charge in [0.15, 0.2) is 11.5 Å². The maximum atomic E-state index is 13.3. The van der Waals surface area contributed by atoms with Crippen molar-refractivity contribution in [3.8, 4) is 23.3 Å². The first-order valence-corrected chi connectivity index (χ1v) is 14.3. The molecule has 6 nitrogen and oxygen atoms in total. The van der Waals surface area contributed by atoms with Crippen molar-refractivity contribution >= 4 is 5.91 Å². The smallest absolute Gasteiger partial charge is 0.298 e. The Morgan fingerprint density at radius 1 is 1.07 bits per heavy atom. The Morgan fingerprint density at radius 3 is 2.60 bits per heavy atom. The van der Waals surface area contributed by atoms with Gasteiger partial charge in [-0.25, -0.2) is 0 Å². The zero-order chi connectivity index (χ0) is 27.5. The van der Waals surface area contributed by atoms with Crippen molar-refractivity contribution in [2.24, 2.45) is 0 Å². The van der Waals surface area contributed by atoms with Crippen LogP contribution in [-0.2, 0) is 23.1 Å². The molecule has 0 aromatic heterocycles. The first-order chi connectivity index (χ1) is 19.4. The highest BCUT2D eigenvalue weighted by Crippen LogP contribution is 2.65. The molecule has 2 fully saturated rings. The zero-order valence-corrected chi connectivity index (χ0v) is 22.7. The largest absolute Gasteiger partial charge is 0.504 e. The van der Waals surface area contributed by atoms with Crippen LogP contribution >= 0.6 is 0 Å². The van der Waals surface area contributed by atoms with Gasteiger partial charge in [0, 0.05) is 36.7 Å². The number of phenols is 1. The molecule has 1 saturated carbocycles. The number of aromatic hydroxyl groups is 1. The Labute approximate surface area is 235 Å². The zero-order valence-electron chi connectivity index (χ0n) is 22.7. The minimum Gasteiger partial charge on any atom is -0.504 e. The highest BCUT2D eigenvalue weighted by atomic mass is 16.5. The number of likely N-dealkylation sites (N-methyl/N-ethyl adjacent to an activating group) is 1. The number of hydrogen-bond acceptors (Lipinski definition) is 5. The fourth-order valence-electron chi connectivity index (χ4n) is 8.07. The number of aliphatic hydroxyl groups is 1. The van der Waals surface area contributed by atoms with Crippen molar-refractivity contribution in [2.45, 2.75) is 61.3 Å². The summed E-state index contributed by atoms with van der Waals surface area (Å²) in [6.07, 6.45) is 3.05. The molecule has 7 rings (SSSR count). The third-order valence-electron chi connectivity index (χ3n) is 9.98. The van der Waals surface area contributed by atoms with Crippen LogP contribution in [0.5, 0.6) is 11.5 Å². The molecule has 3 aromatic carbocycles. The van der Waals surface area contributed by atoms with E-state index in [0.717, 1.165) is 36.2 Å². The Balaban J connectivity index is 1.23. The van der Waals surface area contributed by atoms with Gasteiger partial charge in [-0.15, -0.1) is 0 Å². The maximum absolute atomic E-state index is 13.3. The predicted octanol–water partition coefficient (Wildman–Crippen LogP) is 3.67. The van der Waals surface area contributed by atoms with Gasteiger partial charge in [-0.1, -0.05) is 60.5 Å². The highest BCUT2D eigenvalue weighted by Gasteiger charge is 2.73. The molecule has 1 spiro atoms. The van der Waals surface area contributed by atoms with Gasteiger partial charge < -0.3 is 19.8 Å². The Bertz CT molecular complexity index is 1510. The lowest BCUT2D eigenvalue weighted by molar-refractivity contribution is -0.199. The molecule has 0 radical (unpaired) electrons. The molecule has 6 heteroatoms. The fourth-order valence-corrected chi connectivity index (χ4v) is 8.07. The summed E-state index contributed by atoms with van der Waals surface area (Å²) >= 11 is 0. The summed E-state index contributed by atoms with van der Waals surface area (Å²) in [5.41, 5.74) is 2.47. The van der Waals surface area contributed by atoms with E-state index in [1.54, 1.807) is 18.0 Å². The average Bonchev–Trinajstić information content (AvgIpc) is 3.33. The second kappa shape index (κ2) is 9.40. The van der Waals surface area contributed by atoms with Gasteiger partial charge in [0.05, 0.1) is 17.1 Å². The van der Waals surface area contributed by atoms with Crippen molar-refractivity contribution in [3.63, 3.8) is 0 Å². The normalized spacial score (nSPS) is 29.5. The van der Waals surface area contributed by atoms with E-state index in [1.165, 1.54) is 5.56 Å². The molecule has 2 heterocycles. The van der Waals surface area contributed by atoms with Crippen LogP contribution in [-0.4, -0.2) is 69.8 Å². The van der Waals surface area contributed by atoms with E-state index in [2.05, 4.69) is 41.0 Å². The Kier molecular flexibility index (Phi) is 5.92. The molecule has 2 aliphatic carbocycles. The number of nitrogens with zero attached hydrogens (tertiary/aromatic N) is 2. The number of rotatable bonds is 4. The quantitative estimate of drug-likeness (QED) is 0.500. The van der Waals surface area contributed by atoms with Crippen LogP contribution < -0.4 is 4.74 Å². The van der Waals surface area contributed by atoms with Gasteiger partial charge in [0.25, 0.3) is 5.91 Å². The lowest BCUT2D eigenvalue weighted by Crippen LogP contribution is -2.78. The first-order valence-electron chi connectivity index (χ1n) is 14.3. The first kappa shape index (κ1) is 25.2. The number of piperidine rings is 1. The minimum atomic E-state index is -1.02. The van der Waals surface area contributed by atoms with Gasteiger partial charge in [0.1, 0.15) is 6.10 Å². The number of ether oxygens (including phenoxy) is 1. The van der Waals surface area contributed by atoms with Crippen LogP contribution in [0.15, 0.2) is 72.8 Å². The van der Waals surface area contributed by atoms with Crippen LogP contribution in [0.25, 0.3) is 0 Å². The summed E-state index contributed by atoms with van der Waals surface area (Å²) < 4.78 is 6.62. The average molecular weight is 535 g/mol. The van der Waals surface area contributed by atoms with Gasteiger partial charge in [-0.05, 0) is 68.0 Å². The molecule has 2 aliphatic heterocycles. The third kappa shape index (κ3) is 3.61. The molecule has 0 unspecified atom stereocenters. The Hall–Kier alpha value is -3.79. The van der Waals surface area contributed by atoms with Gasteiger partial charge in [-0.2, -0.15) is 0 Å². The monoisotopic (exact) mass is 534 g/mol. The highest BCUT2D eigenvalue weighted by molar-refractivity contribution is 5.94. The Morgan fingerprint density at radius 2 is 1.82 bits per heavy atom. The number of carbonyl (C=O) groups excluding carboxylic acids is 1. The maximum Gasteiger partial charge on any atom is 0.298 e. The predicted molar refractivity (Wildman–Crippen MR) is 152 cm³/mol. The molecule has 1 saturated heterocycles. The fraction of sp³-hybridized carbons (Fsp3) is 0.382. The summed E-state index contributed by atoms with van der Waals surface area (Å²) in [5.74, 6) is 6.11. The van der Waals surface area contributed by atoms with Crippen LogP contribution in [0.3, 0.4) is 0 Å². The number of benzene rings is 3. The molecule has 2 bridgehead atoms. The van der Waals surface area contributed by atoms with Gasteiger partial charge in [0.2, 0.25) is 0 Å². The van der Waals surface area contributed by atoms with Crippen molar-refractivity contribution < 1.29 is 19.7 Å². The second-order valence-corrected chi connectivity index (χ2v) is 11.8. The topological polar surface area (TPSA) is 73.2 Å². The lowest BCUT2D eigenvalue weighted by Gasteiger charge is -2.64. The van der Waals surface area contributed by atoms with E-state index >= 15 is 0 Å². The molecule has 204 valence electrons. The van der Waals surface area contributed by atoms with Crippen molar-refractivity contribution in [1.29, 1.82) is 0 Å². The van der Waals surface area contributed by atoms with Crippen LogP contribution in [0.2, 0.25) is 0 Å². The van der Waals surface area contributed by atoms with E-state index in [1.807, 2.05) is 42.5 Å². The van der Waals surface area contributed by atoms with E-state index in [0.29, 0.717) is 31.4 Å². The molecule has 1 amide bonds. The molecule has 40 heavy (non-hydrogen) atoms. The number of carbonyl (C=O) groups is 1. The number of hydrogen-bond donors (Lipinski definition) is 2. The molecule has 3 aromatic rings. The number of phenolic OH excluding ortho intramolecular Hbond substituents is 1. The van der Waals surface area contributed by atoms with Crippen LogP contribution in [0.1, 0.15) is 41.5 Å². The summed E-state index contributed by atoms with van der Waals surface area (Å²) in [4.78, 5) is 17.5. The number of likely N-dealkylation sites (tertiary alicyclic amines) is 1. The number of amides is 1. The van der Waals surface area contributed by atoms with E-state index in [4.69, 9.17) is 4.74 Å². The minimum absolute atomic E-state index is 0.0566. The van der Waals surface area contributed by atoms with Crippen molar-refractivity contribution in [1.82, 2.24) is 9.80 Å². The molecule has 2 N–H and O–H groups in total. The van der Waals surface area contributed by atoms with E-state index in [-0.39, 0.29) is 23.7 Å². The van der Waals surface area contributed by atoms with E-state index in [9.17, 15) is 15.0 Å². The van der Waals surface area contributed by atoms with Crippen molar-refractivity contribution in [3.05, 3.63) is 95.1 Å². The van der Waals surface area contributed by atoms with Crippen molar-refractivity contribution in [2.75, 3.05) is 20.1 Å². The second-order valence-electron chi connectivity index (χ2n) is 11.8. The summed E-state index contributed by atoms with van der Waals surface area (Å²) in [5, 5.41) is 23.6. The SMILES string of the molecule is CN(C(=O)C#Cc1ccccc1)[C@H]1CC[C@@]2(O)[C@H]3Cc4ccc(O)c5c4[C@@]2(CCN3CCc2ccccc2)[C@H]1O5. The van der Waals surface area contributed by atoms with Gasteiger partial charge in [-0.3, -0.25) is 9.69 Å². The molecule has 5 atom stereocenters. The summed E-state index contributed by atoms with van der Waals surface area (Å²) in [6, 6.07) is 23.4.